The zero-order valence-corrected chi connectivity index (χ0v) is 30.7. The van der Waals surface area contributed by atoms with Crippen LogP contribution in [0, 0.1) is 0 Å². The molecule has 0 spiro atoms. The molecule has 0 aliphatic rings. The number of hydrogen-bond donors (Lipinski definition) is 0. The van der Waals surface area contributed by atoms with Crippen LogP contribution in [-0.2, 0) is 0 Å². The van der Waals surface area contributed by atoms with E-state index in [1.54, 1.807) is 0 Å². The highest BCUT2D eigenvalue weighted by Gasteiger charge is 2.16. The Hall–Kier alpha value is -7.49. The molecule has 0 atom stereocenters. The third-order valence-electron chi connectivity index (χ3n) is 10.7. The van der Waals surface area contributed by atoms with Gasteiger partial charge in [-0.05, 0) is 111 Å². The Bertz CT molecular complexity index is 2880. The van der Waals surface area contributed by atoms with Gasteiger partial charge in [0.05, 0.1) is 17.2 Å². The van der Waals surface area contributed by atoms with Crippen LogP contribution >= 0.6 is 0 Å². The Labute approximate surface area is 327 Å². The Morgan fingerprint density at radius 2 is 0.750 bits per heavy atom. The summed E-state index contributed by atoms with van der Waals surface area (Å²) in [5.41, 5.74) is 16.2. The van der Waals surface area contributed by atoms with Gasteiger partial charge in [-0.2, -0.15) is 0 Å². The fourth-order valence-electron chi connectivity index (χ4n) is 7.92. The number of aromatic nitrogens is 2. The topological polar surface area (TPSA) is 21.1 Å². The number of benzene rings is 8. The SMILES string of the molecule is c1ccc(-c2ccc(N(c3ccc(-c4cccc(-c5ccccc5)c4)cc3)c3ccc(-c4cccc(-n5c6ccccc6c6ccncc65)c4)cc3)cc2)cc1. The van der Waals surface area contributed by atoms with E-state index in [0.717, 1.165) is 39.4 Å². The largest absolute Gasteiger partial charge is 0.311 e. The molecule has 0 aliphatic heterocycles. The average Bonchev–Trinajstić information content (AvgIpc) is 3.62. The minimum atomic E-state index is 1.09. The highest BCUT2D eigenvalue weighted by atomic mass is 15.1. The molecule has 0 N–H and O–H groups in total. The third kappa shape index (κ3) is 6.21. The van der Waals surface area contributed by atoms with Gasteiger partial charge in [0.1, 0.15) is 0 Å². The van der Waals surface area contributed by atoms with Gasteiger partial charge in [0.25, 0.3) is 0 Å². The average molecular weight is 716 g/mol. The van der Waals surface area contributed by atoms with Crippen molar-refractivity contribution in [2.75, 3.05) is 4.90 Å². The Kier molecular flexibility index (Phi) is 8.51. The zero-order valence-electron chi connectivity index (χ0n) is 30.7. The van der Waals surface area contributed by atoms with Crippen LogP contribution in [-0.4, -0.2) is 9.55 Å². The fourth-order valence-corrected chi connectivity index (χ4v) is 7.92. The fraction of sp³-hybridized carbons (Fsp3) is 0. The van der Waals surface area contributed by atoms with Crippen LogP contribution in [0.5, 0.6) is 0 Å². The van der Waals surface area contributed by atoms with Crippen LogP contribution in [0.4, 0.5) is 17.1 Å². The van der Waals surface area contributed by atoms with Crippen LogP contribution in [0.3, 0.4) is 0 Å². The first kappa shape index (κ1) is 33.1. The molecule has 8 aromatic carbocycles. The lowest BCUT2D eigenvalue weighted by molar-refractivity contribution is 1.17. The van der Waals surface area contributed by atoms with Gasteiger partial charge in [-0.15, -0.1) is 0 Å². The molecule has 0 bridgehead atoms. The van der Waals surface area contributed by atoms with Crippen molar-refractivity contribution in [1.82, 2.24) is 9.55 Å². The predicted molar refractivity (Wildman–Crippen MR) is 235 cm³/mol. The van der Waals surface area contributed by atoms with Crippen molar-refractivity contribution >= 4 is 38.9 Å². The molecular formula is C53H37N3. The van der Waals surface area contributed by atoms with E-state index in [4.69, 9.17) is 0 Å². The standard InChI is InChI=1S/C53H37N3/c1-3-11-38(12-4-1)40-21-27-46(28-22-40)55(47-29-23-41(24-30-47)44-16-9-15-43(35-44)39-13-5-2-6-14-39)48-31-25-42(26-32-48)45-17-10-18-49(36-45)56-52-20-8-7-19-50(52)51-33-34-54-37-53(51)56/h1-37H. The quantitative estimate of drug-likeness (QED) is 0.156. The normalized spacial score (nSPS) is 11.2. The van der Waals surface area contributed by atoms with Gasteiger partial charge in [0.15, 0.2) is 0 Å². The van der Waals surface area contributed by atoms with E-state index >= 15 is 0 Å². The molecule has 0 radical (unpaired) electrons. The molecule has 0 saturated heterocycles. The van der Waals surface area contributed by atoms with Gasteiger partial charge < -0.3 is 9.47 Å². The minimum absolute atomic E-state index is 1.09. The zero-order chi connectivity index (χ0) is 37.3. The molecule has 3 nitrogen and oxygen atoms in total. The van der Waals surface area contributed by atoms with Crippen molar-refractivity contribution in [3.63, 3.8) is 0 Å². The summed E-state index contributed by atoms with van der Waals surface area (Å²) < 4.78 is 2.32. The summed E-state index contributed by atoms with van der Waals surface area (Å²) in [6.07, 6.45) is 3.84. The first-order valence-corrected chi connectivity index (χ1v) is 19.0. The van der Waals surface area contributed by atoms with E-state index < -0.39 is 0 Å². The number of nitrogens with zero attached hydrogens (tertiary/aromatic N) is 3. The van der Waals surface area contributed by atoms with Gasteiger partial charge >= 0.3 is 0 Å². The number of pyridine rings is 1. The lowest BCUT2D eigenvalue weighted by atomic mass is 9.98. The smallest absolute Gasteiger partial charge is 0.0724 e. The lowest BCUT2D eigenvalue weighted by Crippen LogP contribution is -2.09. The van der Waals surface area contributed by atoms with Gasteiger partial charge in [0, 0.05) is 39.7 Å². The Morgan fingerprint density at radius 3 is 1.34 bits per heavy atom. The van der Waals surface area contributed by atoms with Gasteiger partial charge in [-0.1, -0.05) is 146 Å². The van der Waals surface area contributed by atoms with Crippen molar-refractivity contribution in [3.05, 3.63) is 225 Å². The second-order valence-corrected chi connectivity index (χ2v) is 14.1. The Balaban J connectivity index is 1.01. The van der Waals surface area contributed by atoms with Crippen molar-refractivity contribution in [2.45, 2.75) is 0 Å². The molecule has 10 rings (SSSR count). The van der Waals surface area contributed by atoms with Crippen LogP contribution in [0.2, 0.25) is 0 Å². The first-order chi connectivity index (χ1) is 27.8. The summed E-state index contributed by atoms with van der Waals surface area (Å²) in [5.74, 6) is 0. The molecule has 3 heteroatoms. The summed E-state index contributed by atoms with van der Waals surface area (Å²) >= 11 is 0. The van der Waals surface area contributed by atoms with Crippen molar-refractivity contribution in [3.8, 4) is 50.2 Å². The second kappa shape index (κ2) is 14.4. The lowest BCUT2D eigenvalue weighted by Gasteiger charge is -2.26. The molecular weight excluding hydrogens is 679 g/mol. The minimum Gasteiger partial charge on any atom is -0.311 e. The molecule has 0 unspecified atom stereocenters. The molecule has 0 fully saturated rings. The maximum Gasteiger partial charge on any atom is 0.0724 e. The van der Waals surface area contributed by atoms with Gasteiger partial charge in [-0.3, -0.25) is 4.98 Å². The van der Waals surface area contributed by atoms with E-state index in [9.17, 15) is 0 Å². The molecule has 0 amide bonds. The molecule has 10 aromatic rings. The number of anilines is 3. The summed E-state index contributed by atoms with van der Waals surface area (Å²) in [5, 5.41) is 2.43. The van der Waals surface area contributed by atoms with E-state index in [1.165, 1.54) is 49.7 Å². The van der Waals surface area contributed by atoms with E-state index in [2.05, 4.69) is 227 Å². The van der Waals surface area contributed by atoms with Crippen LogP contribution in [0.1, 0.15) is 0 Å². The van der Waals surface area contributed by atoms with E-state index in [1.807, 2.05) is 12.4 Å². The maximum atomic E-state index is 4.48. The summed E-state index contributed by atoms with van der Waals surface area (Å²) in [6, 6.07) is 76.1. The van der Waals surface area contributed by atoms with Crippen molar-refractivity contribution in [1.29, 1.82) is 0 Å². The Morgan fingerprint density at radius 1 is 0.321 bits per heavy atom. The van der Waals surface area contributed by atoms with E-state index in [0.29, 0.717) is 0 Å². The molecule has 2 aromatic heterocycles. The van der Waals surface area contributed by atoms with Crippen molar-refractivity contribution in [2.24, 2.45) is 0 Å². The number of hydrogen-bond acceptors (Lipinski definition) is 2. The molecule has 2 heterocycles. The van der Waals surface area contributed by atoms with Crippen LogP contribution < -0.4 is 4.90 Å². The van der Waals surface area contributed by atoms with Crippen LogP contribution in [0.25, 0.3) is 72.0 Å². The third-order valence-corrected chi connectivity index (χ3v) is 10.7. The van der Waals surface area contributed by atoms with Gasteiger partial charge in [0.2, 0.25) is 0 Å². The highest BCUT2D eigenvalue weighted by molar-refractivity contribution is 6.09. The highest BCUT2D eigenvalue weighted by Crippen LogP contribution is 2.39. The van der Waals surface area contributed by atoms with E-state index in [-0.39, 0.29) is 0 Å². The molecule has 264 valence electrons. The molecule has 56 heavy (non-hydrogen) atoms. The predicted octanol–water partition coefficient (Wildman–Crippen LogP) is 14.3. The summed E-state index contributed by atoms with van der Waals surface area (Å²) in [4.78, 5) is 6.82. The number of rotatable bonds is 8. The number of fused-ring (bicyclic) bond motifs is 3. The summed E-state index contributed by atoms with van der Waals surface area (Å²) in [6.45, 7) is 0. The second-order valence-electron chi connectivity index (χ2n) is 14.1. The summed E-state index contributed by atoms with van der Waals surface area (Å²) in [7, 11) is 0. The molecule has 0 aliphatic carbocycles. The van der Waals surface area contributed by atoms with Gasteiger partial charge in [-0.25, -0.2) is 0 Å². The maximum absolute atomic E-state index is 4.48. The van der Waals surface area contributed by atoms with Crippen molar-refractivity contribution < 1.29 is 0 Å². The first-order valence-electron chi connectivity index (χ1n) is 19.0. The molecule has 0 saturated carbocycles. The monoisotopic (exact) mass is 715 g/mol. The number of para-hydroxylation sites is 1. The van der Waals surface area contributed by atoms with Crippen LogP contribution in [0.15, 0.2) is 225 Å².